The van der Waals surface area contributed by atoms with Crippen LogP contribution in [0, 0.1) is 0 Å². The van der Waals surface area contributed by atoms with Gasteiger partial charge < -0.3 is 9.42 Å². The summed E-state index contributed by atoms with van der Waals surface area (Å²) >= 11 is 0. The molecule has 1 aliphatic carbocycles. The molecule has 3 aliphatic rings. The number of fused-ring (bicyclic) bond motifs is 2. The molecule has 0 unspecified atom stereocenters. The molecule has 1 aromatic heterocycles. The highest BCUT2D eigenvalue weighted by atomic mass is 16.5. The molecule has 1 aromatic rings. The second-order valence-electron chi connectivity index (χ2n) is 6.87. The van der Waals surface area contributed by atoms with E-state index in [1.54, 1.807) is 0 Å². The second kappa shape index (κ2) is 4.72. The summed E-state index contributed by atoms with van der Waals surface area (Å²) < 4.78 is 5.51. The summed E-state index contributed by atoms with van der Waals surface area (Å²) in [7, 11) is 0. The van der Waals surface area contributed by atoms with Crippen LogP contribution in [-0.4, -0.2) is 46.3 Å². The van der Waals surface area contributed by atoms with Gasteiger partial charge >= 0.3 is 6.01 Å². The minimum atomic E-state index is 0.572. The Morgan fingerprint density at radius 3 is 2.65 bits per heavy atom. The lowest BCUT2D eigenvalue weighted by atomic mass is 10.1. The number of rotatable bonds is 3. The minimum absolute atomic E-state index is 0.572. The Kier molecular flexibility index (Phi) is 2.98. The monoisotopic (exact) mass is 276 g/mol. The van der Waals surface area contributed by atoms with Gasteiger partial charge in [0.25, 0.3) is 0 Å². The van der Waals surface area contributed by atoms with Crippen LogP contribution < -0.4 is 4.90 Å². The van der Waals surface area contributed by atoms with E-state index in [2.05, 4.69) is 33.8 Å². The topological polar surface area (TPSA) is 45.4 Å². The van der Waals surface area contributed by atoms with E-state index in [1.165, 1.54) is 32.1 Å². The van der Waals surface area contributed by atoms with Crippen molar-refractivity contribution in [3.63, 3.8) is 0 Å². The molecule has 0 radical (unpaired) electrons. The number of hydrogen-bond donors (Lipinski definition) is 0. The summed E-state index contributed by atoms with van der Waals surface area (Å²) in [6.07, 6.45) is 6.34. The molecule has 2 atom stereocenters. The Morgan fingerprint density at radius 2 is 1.90 bits per heavy atom. The van der Waals surface area contributed by atoms with E-state index in [0.717, 1.165) is 31.0 Å². The average Bonchev–Trinajstić information content (AvgIpc) is 3.04. The van der Waals surface area contributed by atoms with E-state index in [9.17, 15) is 0 Å². The van der Waals surface area contributed by atoms with Gasteiger partial charge in [0.2, 0.25) is 0 Å². The quantitative estimate of drug-likeness (QED) is 0.848. The van der Waals surface area contributed by atoms with E-state index >= 15 is 0 Å². The number of hydrogen-bond acceptors (Lipinski definition) is 5. The highest BCUT2D eigenvalue weighted by molar-refractivity contribution is 5.28. The summed E-state index contributed by atoms with van der Waals surface area (Å²) in [6.45, 7) is 6.73. The maximum absolute atomic E-state index is 5.51. The first kappa shape index (κ1) is 12.6. The zero-order chi connectivity index (χ0) is 13.7. The molecule has 2 bridgehead atoms. The molecule has 0 amide bonds. The minimum Gasteiger partial charge on any atom is -0.323 e. The summed E-state index contributed by atoms with van der Waals surface area (Å²) in [4.78, 5) is 9.64. The number of aromatic nitrogens is 2. The smallest absolute Gasteiger partial charge is 0.323 e. The van der Waals surface area contributed by atoms with E-state index < -0.39 is 0 Å². The van der Waals surface area contributed by atoms with Crippen LogP contribution in [0.5, 0.6) is 0 Å². The molecule has 20 heavy (non-hydrogen) atoms. The van der Waals surface area contributed by atoms with Gasteiger partial charge in [-0.05, 0) is 46.0 Å². The fourth-order valence-corrected chi connectivity index (χ4v) is 3.99. The third-order valence-electron chi connectivity index (χ3n) is 5.08. The van der Waals surface area contributed by atoms with Crippen molar-refractivity contribution in [3.8, 4) is 0 Å². The van der Waals surface area contributed by atoms with E-state index in [0.29, 0.717) is 18.0 Å². The Labute approximate surface area is 120 Å². The molecular weight excluding hydrogens is 252 g/mol. The Balaban J connectivity index is 1.52. The number of nitrogens with zero attached hydrogens (tertiary/aromatic N) is 4. The highest BCUT2D eigenvalue weighted by Crippen LogP contribution is 2.39. The molecule has 5 heteroatoms. The van der Waals surface area contributed by atoms with Gasteiger partial charge in [-0.2, -0.15) is 4.98 Å². The third-order valence-corrected chi connectivity index (χ3v) is 5.08. The van der Waals surface area contributed by atoms with Crippen molar-refractivity contribution in [1.29, 1.82) is 0 Å². The zero-order valence-corrected chi connectivity index (χ0v) is 12.5. The lowest BCUT2D eigenvalue weighted by molar-refractivity contribution is 0.158. The lowest BCUT2D eigenvalue weighted by Gasteiger charge is -2.31. The molecule has 3 heterocycles. The van der Waals surface area contributed by atoms with Gasteiger partial charge in [-0.3, -0.25) is 4.90 Å². The molecule has 3 fully saturated rings. The van der Waals surface area contributed by atoms with Gasteiger partial charge in [-0.15, -0.1) is 0 Å². The zero-order valence-electron chi connectivity index (χ0n) is 12.5. The first-order chi connectivity index (χ1) is 9.72. The predicted molar refractivity (Wildman–Crippen MR) is 76.9 cm³/mol. The van der Waals surface area contributed by atoms with Crippen molar-refractivity contribution in [2.75, 3.05) is 18.0 Å². The van der Waals surface area contributed by atoms with Crippen LogP contribution >= 0.6 is 0 Å². The predicted octanol–water partition coefficient (Wildman–Crippen LogP) is 2.40. The lowest BCUT2D eigenvalue weighted by Crippen LogP contribution is -2.43. The van der Waals surface area contributed by atoms with Crippen LogP contribution in [0.15, 0.2) is 4.52 Å². The van der Waals surface area contributed by atoms with Crippen LogP contribution in [0.3, 0.4) is 0 Å². The van der Waals surface area contributed by atoms with Crippen molar-refractivity contribution >= 4 is 6.01 Å². The normalized spacial score (nSPS) is 31.1. The van der Waals surface area contributed by atoms with Crippen molar-refractivity contribution < 1.29 is 4.52 Å². The van der Waals surface area contributed by atoms with Gasteiger partial charge in [-0.1, -0.05) is 5.16 Å². The van der Waals surface area contributed by atoms with Crippen molar-refractivity contribution in [2.24, 2.45) is 0 Å². The van der Waals surface area contributed by atoms with Crippen molar-refractivity contribution in [2.45, 2.75) is 70.0 Å². The van der Waals surface area contributed by atoms with Crippen molar-refractivity contribution in [1.82, 2.24) is 15.0 Å². The average molecular weight is 276 g/mol. The standard InChI is InChI=1S/C15H24N4O/c1-10(2)19-12-5-6-13(19)9-18(8-7-12)15-16-14(17-20-15)11-3-4-11/h10-13H,3-9H2,1-2H3/t12-,13-/m0/s1. The molecule has 0 aromatic carbocycles. The fourth-order valence-electron chi connectivity index (χ4n) is 3.99. The van der Waals surface area contributed by atoms with Gasteiger partial charge in [-0.25, -0.2) is 0 Å². The van der Waals surface area contributed by atoms with Crippen LogP contribution in [0.2, 0.25) is 0 Å². The maximum Gasteiger partial charge on any atom is 0.324 e. The van der Waals surface area contributed by atoms with Gasteiger partial charge in [0, 0.05) is 37.1 Å². The maximum atomic E-state index is 5.51. The first-order valence-electron chi connectivity index (χ1n) is 8.08. The van der Waals surface area contributed by atoms with Crippen LogP contribution in [-0.2, 0) is 0 Å². The molecule has 4 rings (SSSR count). The highest BCUT2D eigenvalue weighted by Gasteiger charge is 2.39. The molecule has 0 N–H and O–H groups in total. The Morgan fingerprint density at radius 1 is 1.10 bits per heavy atom. The van der Waals surface area contributed by atoms with Crippen LogP contribution in [0.25, 0.3) is 0 Å². The number of anilines is 1. The third kappa shape index (κ3) is 2.12. The summed E-state index contributed by atoms with van der Waals surface area (Å²) in [5.41, 5.74) is 0. The van der Waals surface area contributed by atoms with Crippen LogP contribution in [0.1, 0.15) is 57.7 Å². The molecule has 1 saturated carbocycles. The van der Waals surface area contributed by atoms with E-state index in [-0.39, 0.29) is 0 Å². The van der Waals surface area contributed by atoms with Gasteiger partial charge in [0.05, 0.1) is 0 Å². The fraction of sp³-hybridized carbons (Fsp3) is 0.867. The molecule has 0 spiro atoms. The van der Waals surface area contributed by atoms with E-state index in [4.69, 9.17) is 4.52 Å². The Bertz CT molecular complexity index is 482. The summed E-state index contributed by atoms with van der Waals surface area (Å²) in [6, 6.07) is 2.79. The summed E-state index contributed by atoms with van der Waals surface area (Å²) in [5, 5.41) is 4.16. The molecule has 5 nitrogen and oxygen atoms in total. The molecule has 110 valence electrons. The SMILES string of the molecule is CC(C)N1[C@H]2CC[C@H]1CN(c1nc(C3CC3)no1)CC2. The molecule has 2 aliphatic heterocycles. The van der Waals surface area contributed by atoms with Crippen LogP contribution in [0.4, 0.5) is 6.01 Å². The molecule has 2 saturated heterocycles. The van der Waals surface area contributed by atoms with Gasteiger partial charge in [0.15, 0.2) is 5.82 Å². The molecular formula is C15H24N4O. The largest absolute Gasteiger partial charge is 0.324 e. The Hall–Kier alpha value is -1.10. The van der Waals surface area contributed by atoms with E-state index in [1.807, 2.05) is 0 Å². The van der Waals surface area contributed by atoms with Crippen molar-refractivity contribution in [3.05, 3.63) is 5.82 Å². The van der Waals surface area contributed by atoms with Gasteiger partial charge in [0.1, 0.15) is 0 Å². The first-order valence-corrected chi connectivity index (χ1v) is 8.08. The second-order valence-corrected chi connectivity index (χ2v) is 6.87. The summed E-state index contributed by atoms with van der Waals surface area (Å²) in [5.74, 6) is 1.50.